The van der Waals surface area contributed by atoms with Crippen LogP contribution in [0.4, 0.5) is 22.7 Å². The Bertz CT molecular complexity index is 3740. The molecule has 384 valence electrons. The molecule has 0 saturated carbocycles. The molecule has 4 aromatic heterocycles. The number of nitrogens with zero attached hydrogens (tertiary/aromatic N) is 9. The number of fused-ring (bicyclic) bond motifs is 4. The zero-order valence-electron chi connectivity index (χ0n) is 42.7. The zero-order valence-corrected chi connectivity index (χ0v) is 44.4. The monoisotopic (exact) mass is 1060 g/mol. The van der Waals surface area contributed by atoms with Gasteiger partial charge in [-0.2, -0.15) is 10.5 Å². The van der Waals surface area contributed by atoms with E-state index in [1.54, 1.807) is 6.20 Å². The SMILES string of the molecule is N#Cc1ccc(-c2cc3c(s2)C(=O)N(Cc2ccccc2-c2cncnc2)c2ccc(N4CCNCC4)cc2C3)cc1.N#Cc1ccc(-c2cc3c(s2)C(=O)N(Cc2ccccn2)c2ccc(N4CCNCC4)cc2C3)cc1. The third-order valence-corrected chi connectivity index (χ3v) is 17.2. The lowest BCUT2D eigenvalue weighted by molar-refractivity contribution is 0.0981. The van der Waals surface area contributed by atoms with E-state index < -0.39 is 0 Å². The van der Waals surface area contributed by atoms with Crippen LogP contribution in [-0.2, 0) is 25.9 Å². The minimum atomic E-state index is 0.00248. The van der Waals surface area contributed by atoms with E-state index in [0.29, 0.717) is 37.1 Å². The Morgan fingerprint density at radius 2 is 1.03 bits per heavy atom. The Hall–Kier alpha value is -8.83. The molecule has 0 atom stereocenters. The molecule has 0 bridgehead atoms. The topological polar surface area (TPSA) is 157 Å². The fraction of sp³-hybridized carbons (Fsp3) is 0.190. The van der Waals surface area contributed by atoms with E-state index in [9.17, 15) is 14.9 Å². The van der Waals surface area contributed by atoms with E-state index in [1.807, 2.05) is 101 Å². The molecule has 9 aromatic rings. The Morgan fingerprint density at radius 3 is 1.53 bits per heavy atom. The van der Waals surface area contributed by atoms with Crippen LogP contribution < -0.4 is 30.2 Å². The van der Waals surface area contributed by atoms with Gasteiger partial charge in [0.2, 0.25) is 0 Å². The first-order valence-corrected chi connectivity index (χ1v) is 27.8. The number of nitrogens with one attached hydrogen (secondary N) is 2. The van der Waals surface area contributed by atoms with Gasteiger partial charge >= 0.3 is 0 Å². The van der Waals surface area contributed by atoms with Crippen molar-refractivity contribution in [2.75, 3.05) is 72.0 Å². The highest BCUT2D eigenvalue weighted by Gasteiger charge is 2.33. The van der Waals surface area contributed by atoms with Gasteiger partial charge in [-0.25, -0.2) is 9.97 Å². The Labute approximate surface area is 461 Å². The molecule has 0 spiro atoms. The number of carbonyl (C=O) groups is 2. The molecule has 2 amide bonds. The number of thiophene rings is 2. The lowest BCUT2D eigenvalue weighted by Crippen LogP contribution is -2.43. The Balaban J connectivity index is 0.000000158. The average molecular weight is 1060 g/mol. The van der Waals surface area contributed by atoms with Crippen molar-refractivity contribution >= 4 is 57.2 Å². The van der Waals surface area contributed by atoms with E-state index in [1.165, 1.54) is 40.4 Å². The molecular formula is C63H53N11O2S2. The van der Waals surface area contributed by atoms with Crippen LogP contribution in [0.3, 0.4) is 0 Å². The van der Waals surface area contributed by atoms with Gasteiger partial charge in [-0.15, -0.1) is 22.7 Å². The predicted octanol–water partition coefficient (Wildman–Crippen LogP) is 10.7. The van der Waals surface area contributed by atoms with Gasteiger partial charge < -0.3 is 30.2 Å². The van der Waals surface area contributed by atoms with E-state index in [0.717, 1.165) is 139 Å². The third kappa shape index (κ3) is 10.4. The summed E-state index contributed by atoms with van der Waals surface area (Å²) in [6.45, 7) is 8.59. The molecule has 2 N–H and O–H groups in total. The summed E-state index contributed by atoms with van der Waals surface area (Å²) in [4.78, 5) is 53.6. The number of rotatable bonds is 9. The van der Waals surface area contributed by atoms with Crippen molar-refractivity contribution in [3.63, 3.8) is 0 Å². The molecule has 0 radical (unpaired) electrons. The van der Waals surface area contributed by atoms with E-state index in [-0.39, 0.29) is 11.8 Å². The second-order valence-corrected chi connectivity index (χ2v) is 21.8. The molecule has 2 fully saturated rings. The normalized spacial score (nSPS) is 14.8. The highest BCUT2D eigenvalue weighted by atomic mass is 32.1. The summed E-state index contributed by atoms with van der Waals surface area (Å²) in [6, 6.07) is 50.8. The summed E-state index contributed by atoms with van der Waals surface area (Å²) in [7, 11) is 0. The van der Waals surface area contributed by atoms with E-state index in [4.69, 9.17) is 5.26 Å². The average Bonchev–Trinajstić information content (AvgIpc) is 4.22. The summed E-state index contributed by atoms with van der Waals surface area (Å²) in [6.07, 6.45) is 8.29. The number of hydrogen-bond acceptors (Lipinski definition) is 13. The number of piperazine rings is 2. The fourth-order valence-corrected chi connectivity index (χ4v) is 13.0. The van der Waals surface area contributed by atoms with Gasteiger partial charge in [0.1, 0.15) is 6.33 Å². The van der Waals surface area contributed by atoms with Crippen LogP contribution in [0, 0.1) is 22.7 Å². The standard InChI is InChI=1S/C34H28N6OS.C29H25N5OS/c35-18-23-5-7-24(8-6-23)32-17-27-15-26-16-29(39-13-11-36-12-14-39)9-10-31(26)40(34(41)33(27)42-32)21-25-3-1-2-4-30(25)28-19-37-22-38-20-28;30-18-20-4-6-21(7-5-20)27-17-23-15-22-16-25(33-13-11-31-12-14-33)8-9-26(22)34(29(35)28(23)36-27)19-24-3-1-2-10-32-24/h1-10,16-17,19-20,22,36H,11-15,21H2;1-10,16-17,31H,11-15,19H2. The largest absolute Gasteiger partial charge is 0.369 e. The maximum Gasteiger partial charge on any atom is 0.269 e. The fourth-order valence-electron chi connectivity index (χ4n) is 10.8. The Kier molecular flexibility index (Phi) is 14.4. The van der Waals surface area contributed by atoms with Crippen LogP contribution in [0.5, 0.6) is 0 Å². The molecule has 5 aromatic carbocycles. The molecule has 15 heteroatoms. The predicted molar refractivity (Wildman–Crippen MR) is 310 cm³/mol. The lowest BCUT2D eigenvalue weighted by Gasteiger charge is -2.31. The number of hydrogen-bond donors (Lipinski definition) is 2. The van der Waals surface area contributed by atoms with Crippen molar-refractivity contribution in [3.8, 4) is 44.1 Å². The van der Waals surface area contributed by atoms with Gasteiger partial charge in [-0.3, -0.25) is 14.6 Å². The Morgan fingerprint density at radius 1 is 0.526 bits per heavy atom. The zero-order chi connectivity index (χ0) is 53.0. The second-order valence-electron chi connectivity index (χ2n) is 19.6. The van der Waals surface area contributed by atoms with E-state index >= 15 is 0 Å². The molecule has 4 aliphatic rings. The highest BCUT2D eigenvalue weighted by molar-refractivity contribution is 7.18. The first-order valence-electron chi connectivity index (χ1n) is 26.2. The summed E-state index contributed by atoms with van der Waals surface area (Å²) in [5.74, 6) is 0.0110. The third-order valence-electron chi connectivity index (χ3n) is 14.8. The molecule has 2 saturated heterocycles. The lowest BCUT2D eigenvalue weighted by atomic mass is 10.0. The van der Waals surface area contributed by atoms with Crippen LogP contribution >= 0.6 is 22.7 Å². The minimum absolute atomic E-state index is 0.00248. The van der Waals surface area contributed by atoms with Crippen molar-refractivity contribution in [1.82, 2.24) is 25.6 Å². The van der Waals surface area contributed by atoms with Crippen LogP contribution in [-0.4, -0.2) is 79.1 Å². The first kappa shape index (κ1) is 50.0. The molecule has 8 heterocycles. The minimum Gasteiger partial charge on any atom is -0.369 e. The van der Waals surface area contributed by atoms with Crippen molar-refractivity contribution in [3.05, 3.63) is 219 Å². The summed E-state index contributed by atoms with van der Waals surface area (Å²) in [5.41, 5.74) is 15.8. The van der Waals surface area contributed by atoms with Gasteiger partial charge in [0.25, 0.3) is 11.8 Å². The second kappa shape index (κ2) is 22.4. The van der Waals surface area contributed by atoms with Gasteiger partial charge in [0.05, 0.1) is 51.8 Å². The number of carbonyl (C=O) groups excluding carboxylic acids is 2. The quantitative estimate of drug-likeness (QED) is 0.142. The van der Waals surface area contributed by atoms with Crippen molar-refractivity contribution < 1.29 is 9.59 Å². The van der Waals surface area contributed by atoms with Crippen LogP contribution in [0.2, 0.25) is 0 Å². The number of nitriles is 2. The number of pyridine rings is 1. The molecule has 0 unspecified atom stereocenters. The maximum atomic E-state index is 14.4. The van der Waals surface area contributed by atoms with Crippen molar-refractivity contribution in [2.45, 2.75) is 25.9 Å². The summed E-state index contributed by atoms with van der Waals surface area (Å²) in [5, 5.41) is 25.2. The van der Waals surface area contributed by atoms with E-state index in [2.05, 4.69) is 108 Å². The molecule has 13 nitrogen and oxygen atoms in total. The van der Waals surface area contributed by atoms with Crippen LogP contribution in [0.25, 0.3) is 32.0 Å². The van der Waals surface area contributed by atoms with Gasteiger partial charge in [-0.1, -0.05) is 54.6 Å². The number of aromatic nitrogens is 3. The molecule has 0 aliphatic carbocycles. The molecule has 13 rings (SSSR count). The van der Waals surface area contributed by atoms with Gasteiger partial charge in [-0.05, 0) is 129 Å². The van der Waals surface area contributed by atoms with Crippen molar-refractivity contribution in [1.29, 1.82) is 10.5 Å². The highest BCUT2D eigenvalue weighted by Crippen LogP contribution is 2.43. The van der Waals surface area contributed by atoms with Crippen LogP contribution in [0.15, 0.2) is 164 Å². The smallest absolute Gasteiger partial charge is 0.269 e. The first-order chi connectivity index (χ1) is 38.4. The van der Waals surface area contributed by atoms with Crippen molar-refractivity contribution in [2.24, 2.45) is 0 Å². The molecule has 78 heavy (non-hydrogen) atoms. The summed E-state index contributed by atoms with van der Waals surface area (Å²) < 4.78 is 0. The van der Waals surface area contributed by atoms with Gasteiger partial charge in [0.15, 0.2) is 0 Å². The summed E-state index contributed by atoms with van der Waals surface area (Å²) >= 11 is 3.06. The van der Waals surface area contributed by atoms with Crippen LogP contribution in [0.1, 0.15) is 64.0 Å². The number of anilines is 4. The number of benzene rings is 5. The molecular weight excluding hydrogens is 1010 g/mol. The number of amides is 2. The maximum absolute atomic E-state index is 14.4. The molecule has 4 aliphatic heterocycles. The van der Waals surface area contributed by atoms with Gasteiger partial charge in [0, 0.05) is 122 Å².